The summed E-state index contributed by atoms with van der Waals surface area (Å²) in [5.41, 5.74) is 2.41. The maximum absolute atomic E-state index is 12.0. The highest BCUT2D eigenvalue weighted by atomic mass is 16.3. The highest BCUT2D eigenvalue weighted by Crippen LogP contribution is 2.35. The Labute approximate surface area is 127 Å². The first-order valence-corrected chi connectivity index (χ1v) is 8.07. The van der Waals surface area contributed by atoms with Crippen molar-refractivity contribution in [2.45, 2.75) is 51.9 Å². The third kappa shape index (κ3) is 4.57. The number of aliphatic hydroxyl groups excluding tert-OH is 1. The average Bonchev–Trinajstić information content (AvgIpc) is 2.53. The van der Waals surface area contributed by atoms with Crippen LogP contribution in [0.4, 0.5) is 0 Å². The van der Waals surface area contributed by atoms with Gasteiger partial charge in [-0.05, 0) is 37.3 Å². The first-order valence-electron chi connectivity index (χ1n) is 8.07. The molecule has 1 aliphatic carbocycles. The third-order valence-electron chi connectivity index (χ3n) is 4.79. The van der Waals surface area contributed by atoms with E-state index in [-0.39, 0.29) is 17.9 Å². The van der Waals surface area contributed by atoms with E-state index in [1.165, 1.54) is 30.4 Å². The number of hydrogen-bond acceptors (Lipinski definition) is 2. The number of aryl methyl sites for hydroxylation is 2. The second kappa shape index (κ2) is 7.60. The summed E-state index contributed by atoms with van der Waals surface area (Å²) < 4.78 is 0. The maximum atomic E-state index is 12.0. The van der Waals surface area contributed by atoms with Crippen LogP contribution in [-0.2, 0) is 11.2 Å². The van der Waals surface area contributed by atoms with E-state index in [4.69, 9.17) is 0 Å². The van der Waals surface area contributed by atoms with Crippen molar-refractivity contribution in [2.75, 3.05) is 13.2 Å². The van der Waals surface area contributed by atoms with Crippen LogP contribution in [0.25, 0.3) is 0 Å². The third-order valence-corrected chi connectivity index (χ3v) is 4.79. The molecule has 1 aliphatic rings. The Bertz CT molecular complexity index is 464. The van der Waals surface area contributed by atoms with Crippen molar-refractivity contribution in [2.24, 2.45) is 5.41 Å². The lowest BCUT2D eigenvalue weighted by Gasteiger charge is -2.35. The average molecular weight is 289 g/mol. The minimum Gasteiger partial charge on any atom is -0.396 e. The molecule has 0 heterocycles. The molecule has 0 unspecified atom stereocenters. The van der Waals surface area contributed by atoms with Crippen LogP contribution in [0.1, 0.15) is 49.7 Å². The van der Waals surface area contributed by atoms with E-state index in [0.717, 1.165) is 19.3 Å². The lowest BCUT2D eigenvalue weighted by molar-refractivity contribution is -0.121. The Balaban J connectivity index is 1.78. The number of amides is 1. The van der Waals surface area contributed by atoms with Crippen LogP contribution in [0.15, 0.2) is 24.3 Å². The number of nitrogens with one attached hydrogen (secondary N) is 1. The van der Waals surface area contributed by atoms with E-state index in [0.29, 0.717) is 13.0 Å². The fourth-order valence-corrected chi connectivity index (χ4v) is 3.21. The molecule has 2 N–H and O–H groups in total. The summed E-state index contributed by atoms with van der Waals surface area (Å²) in [6, 6.07) is 8.20. The van der Waals surface area contributed by atoms with Gasteiger partial charge in [-0.15, -0.1) is 0 Å². The number of hydrogen-bond donors (Lipinski definition) is 2. The van der Waals surface area contributed by atoms with Crippen LogP contribution in [0.3, 0.4) is 0 Å². The number of benzene rings is 1. The Kier molecular flexibility index (Phi) is 5.80. The summed E-state index contributed by atoms with van der Waals surface area (Å²) >= 11 is 0. The molecule has 1 fully saturated rings. The SMILES string of the molecule is Cc1ccccc1CCC(=O)NCC1(CO)CCCCC1. The Morgan fingerprint density at radius 3 is 2.62 bits per heavy atom. The quantitative estimate of drug-likeness (QED) is 0.846. The zero-order chi connectivity index (χ0) is 15.1. The molecule has 3 nitrogen and oxygen atoms in total. The molecule has 1 aromatic carbocycles. The van der Waals surface area contributed by atoms with Crippen molar-refractivity contribution < 1.29 is 9.90 Å². The number of carbonyl (C=O) groups is 1. The second-order valence-corrected chi connectivity index (χ2v) is 6.42. The van der Waals surface area contributed by atoms with Crippen molar-refractivity contribution in [3.05, 3.63) is 35.4 Å². The second-order valence-electron chi connectivity index (χ2n) is 6.42. The lowest BCUT2D eigenvalue weighted by Crippen LogP contribution is -2.41. The van der Waals surface area contributed by atoms with Crippen LogP contribution in [0.2, 0.25) is 0 Å². The molecule has 0 aromatic heterocycles. The van der Waals surface area contributed by atoms with Gasteiger partial charge in [-0.25, -0.2) is 0 Å². The molecular weight excluding hydrogens is 262 g/mol. The minimum atomic E-state index is -0.0728. The van der Waals surface area contributed by atoms with E-state index < -0.39 is 0 Å². The number of carbonyl (C=O) groups excluding carboxylic acids is 1. The van der Waals surface area contributed by atoms with Gasteiger partial charge in [0.05, 0.1) is 6.61 Å². The Hall–Kier alpha value is -1.35. The number of rotatable bonds is 6. The van der Waals surface area contributed by atoms with Gasteiger partial charge in [0, 0.05) is 18.4 Å². The van der Waals surface area contributed by atoms with Gasteiger partial charge >= 0.3 is 0 Å². The summed E-state index contributed by atoms with van der Waals surface area (Å²) in [7, 11) is 0. The summed E-state index contributed by atoms with van der Waals surface area (Å²) in [5, 5.41) is 12.7. The normalized spacial score (nSPS) is 17.4. The van der Waals surface area contributed by atoms with Crippen LogP contribution in [0.5, 0.6) is 0 Å². The molecule has 3 heteroatoms. The first-order chi connectivity index (χ1) is 10.2. The number of aliphatic hydroxyl groups is 1. The lowest BCUT2D eigenvalue weighted by atomic mass is 9.74. The van der Waals surface area contributed by atoms with E-state index in [1.807, 2.05) is 12.1 Å². The van der Waals surface area contributed by atoms with Crippen molar-refractivity contribution in [3.63, 3.8) is 0 Å². The monoisotopic (exact) mass is 289 g/mol. The molecule has 1 amide bonds. The van der Waals surface area contributed by atoms with E-state index in [2.05, 4.69) is 24.4 Å². The minimum absolute atomic E-state index is 0.0728. The highest BCUT2D eigenvalue weighted by Gasteiger charge is 2.31. The predicted octanol–water partition coefficient (Wildman–Crippen LogP) is 2.99. The van der Waals surface area contributed by atoms with Gasteiger partial charge in [-0.1, -0.05) is 43.5 Å². The molecule has 2 rings (SSSR count). The summed E-state index contributed by atoms with van der Waals surface area (Å²) in [4.78, 5) is 12.0. The molecule has 0 aliphatic heterocycles. The molecule has 116 valence electrons. The van der Waals surface area contributed by atoms with Gasteiger partial charge in [0.2, 0.25) is 5.91 Å². The van der Waals surface area contributed by atoms with E-state index in [1.54, 1.807) is 0 Å². The fourth-order valence-electron chi connectivity index (χ4n) is 3.21. The van der Waals surface area contributed by atoms with Crippen LogP contribution >= 0.6 is 0 Å². The van der Waals surface area contributed by atoms with Crippen LogP contribution in [-0.4, -0.2) is 24.2 Å². The van der Waals surface area contributed by atoms with Crippen molar-refractivity contribution >= 4 is 5.91 Å². The van der Waals surface area contributed by atoms with Gasteiger partial charge < -0.3 is 10.4 Å². The maximum Gasteiger partial charge on any atom is 0.220 e. The summed E-state index contributed by atoms with van der Waals surface area (Å²) in [5.74, 6) is 0.0941. The molecule has 0 spiro atoms. The van der Waals surface area contributed by atoms with E-state index in [9.17, 15) is 9.90 Å². The van der Waals surface area contributed by atoms with Gasteiger partial charge in [-0.3, -0.25) is 4.79 Å². The molecule has 0 bridgehead atoms. The van der Waals surface area contributed by atoms with Crippen LogP contribution in [0, 0.1) is 12.3 Å². The molecule has 21 heavy (non-hydrogen) atoms. The van der Waals surface area contributed by atoms with Gasteiger partial charge in [0.15, 0.2) is 0 Å². The van der Waals surface area contributed by atoms with E-state index >= 15 is 0 Å². The molecular formula is C18H27NO2. The molecule has 0 saturated heterocycles. The zero-order valence-electron chi connectivity index (χ0n) is 13.0. The fraction of sp³-hybridized carbons (Fsp3) is 0.611. The van der Waals surface area contributed by atoms with Crippen molar-refractivity contribution in [3.8, 4) is 0 Å². The Morgan fingerprint density at radius 2 is 1.95 bits per heavy atom. The summed E-state index contributed by atoms with van der Waals surface area (Å²) in [6.45, 7) is 2.89. The standard InChI is InChI=1S/C18H27NO2/c1-15-7-3-4-8-16(15)9-10-17(21)19-13-18(14-20)11-5-2-6-12-18/h3-4,7-8,20H,2,5-6,9-14H2,1H3,(H,19,21). The molecule has 0 radical (unpaired) electrons. The van der Waals surface area contributed by atoms with Gasteiger partial charge in [-0.2, -0.15) is 0 Å². The molecule has 1 aromatic rings. The van der Waals surface area contributed by atoms with Gasteiger partial charge in [0.1, 0.15) is 0 Å². The smallest absolute Gasteiger partial charge is 0.220 e. The highest BCUT2D eigenvalue weighted by molar-refractivity contribution is 5.76. The van der Waals surface area contributed by atoms with Crippen molar-refractivity contribution in [1.82, 2.24) is 5.32 Å². The Morgan fingerprint density at radius 1 is 1.24 bits per heavy atom. The topological polar surface area (TPSA) is 49.3 Å². The molecule has 0 atom stereocenters. The predicted molar refractivity (Wildman–Crippen MR) is 85.1 cm³/mol. The first kappa shape index (κ1) is 16.0. The molecule has 1 saturated carbocycles. The zero-order valence-corrected chi connectivity index (χ0v) is 13.0. The summed E-state index contributed by atoms with van der Waals surface area (Å²) in [6.07, 6.45) is 6.95. The van der Waals surface area contributed by atoms with Crippen molar-refractivity contribution in [1.29, 1.82) is 0 Å². The van der Waals surface area contributed by atoms with Gasteiger partial charge in [0.25, 0.3) is 0 Å². The largest absolute Gasteiger partial charge is 0.396 e. The van der Waals surface area contributed by atoms with Crippen LogP contribution < -0.4 is 5.32 Å².